The molecule has 1 aliphatic carbocycles. The van der Waals surface area contributed by atoms with Gasteiger partial charge >= 0.3 is 0 Å². The number of hydrogen-bond donors (Lipinski definition) is 1. The number of sulfonamides is 1. The van der Waals surface area contributed by atoms with Crippen molar-refractivity contribution in [1.29, 1.82) is 0 Å². The van der Waals surface area contributed by atoms with Gasteiger partial charge in [0.15, 0.2) is 0 Å². The van der Waals surface area contributed by atoms with Gasteiger partial charge in [-0.3, -0.25) is 0 Å². The van der Waals surface area contributed by atoms with Gasteiger partial charge in [-0.1, -0.05) is 19.8 Å². The molecule has 1 heterocycles. The first kappa shape index (κ1) is 16.2. The zero-order chi connectivity index (χ0) is 14.6. The quantitative estimate of drug-likeness (QED) is 0.832. The minimum absolute atomic E-state index is 0.103. The summed E-state index contributed by atoms with van der Waals surface area (Å²) >= 11 is 0. The normalized spacial score (nSPS) is 29.8. The molecule has 0 radical (unpaired) electrons. The highest BCUT2D eigenvalue weighted by Crippen LogP contribution is 2.32. The first-order valence-electron chi connectivity index (χ1n) is 7.89. The van der Waals surface area contributed by atoms with Crippen LogP contribution >= 0.6 is 0 Å². The van der Waals surface area contributed by atoms with Crippen LogP contribution in [-0.2, 0) is 14.8 Å². The highest BCUT2D eigenvalue weighted by atomic mass is 32.2. The monoisotopic (exact) mass is 304 g/mol. The van der Waals surface area contributed by atoms with E-state index in [1.165, 1.54) is 6.42 Å². The van der Waals surface area contributed by atoms with E-state index in [0.717, 1.165) is 19.3 Å². The summed E-state index contributed by atoms with van der Waals surface area (Å²) < 4.78 is 32.9. The predicted octanol–water partition coefficient (Wildman–Crippen LogP) is 1.33. The van der Waals surface area contributed by atoms with E-state index in [1.54, 1.807) is 4.31 Å². The van der Waals surface area contributed by atoms with Crippen molar-refractivity contribution in [3.05, 3.63) is 0 Å². The van der Waals surface area contributed by atoms with Crippen molar-refractivity contribution in [2.24, 2.45) is 11.7 Å². The van der Waals surface area contributed by atoms with Gasteiger partial charge in [-0.05, 0) is 38.1 Å². The van der Waals surface area contributed by atoms with Crippen molar-refractivity contribution >= 4 is 10.0 Å². The molecule has 6 heteroatoms. The summed E-state index contributed by atoms with van der Waals surface area (Å²) in [5.41, 5.74) is 5.87. The molecule has 20 heavy (non-hydrogen) atoms. The molecule has 5 nitrogen and oxygen atoms in total. The van der Waals surface area contributed by atoms with Gasteiger partial charge in [0.1, 0.15) is 0 Å². The Kier molecular flexibility index (Phi) is 5.84. The van der Waals surface area contributed by atoms with Gasteiger partial charge in [0.25, 0.3) is 0 Å². The van der Waals surface area contributed by atoms with Crippen LogP contribution in [0.15, 0.2) is 0 Å². The molecule has 2 fully saturated rings. The predicted molar refractivity (Wildman–Crippen MR) is 79.9 cm³/mol. The summed E-state index contributed by atoms with van der Waals surface area (Å²) in [6.45, 7) is 4.21. The topological polar surface area (TPSA) is 72.6 Å². The second-order valence-electron chi connectivity index (χ2n) is 5.91. The summed E-state index contributed by atoms with van der Waals surface area (Å²) in [4.78, 5) is 0. The van der Waals surface area contributed by atoms with Crippen LogP contribution in [0.2, 0.25) is 0 Å². The third-order valence-corrected chi connectivity index (χ3v) is 7.27. The summed E-state index contributed by atoms with van der Waals surface area (Å²) in [5, 5.41) is -0.267. The first-order chi connectivity index (χ1) is 9.61. The highest BCUT2D eigenvalue weighted by Gasteiger charge is 2.39. The molecular formula is C14H28N2O3S. The molecule has 0 aromatic rings. The van der Waals surface area contributed by atoms with Gasteiger partial charge in [0, 0.05) is 25.8 Å². The minimum atomic E-state index is -3.22. The first-order valence-corrected chi connectivity index (χ1v) is 9.40. The third kappa shape index (κ3) is 3.35. The van der Waals surface area contributed by atoms with Crippen LogP contribution in [0.4, 0.5) is 0 Å². The van der Waals surface area contributed by atoms with Gasteiger partial charge in [-0.2, -0.15) is 4.31 Å². The van der Waals surface area contributed by atoms with Crippen LogP contribution in [0.5, 0.6) is 0 Å². The van der Waals surface area contributed by atoms with Crippen molar-refractivity contribution in [2.45, 2.75) is 56.7 Å². The standard InChI is InChI=1S/C14H28N2O3S/c1-2-16(14-6-4-3-5-12(14)11-15)20(17,18)13-7-9-19-10-8-13/h12-14H,2-11,15H2,1H3. The lowest BCUT2D eigenvalue weighted by atomic mass is 9.84. The molecule has 2 rings (SSSR count). The Morgan fingerprint density at radius 2 is 1.80 bits per heavy atom. The lowest BCUT2D eigenvalue weighted by Crippen LogP contribution is -2.51. The van der Waals surface area contributed by atoms with Crippen LogP contribution in [0.25, 0.3) is 0 Å². The lowest BCUT2D eigenvalue weighted by Gasteiger charge is -2.40. The van der Waals surface area contributed by atoms with E-state index in [0.29, 0.717) is 45.1 Å². The molecule has 1 saturated heterocycles. The molecule has 118 valence electrons. The van der Waals surface area contributed by atoms with Crippen LogP contribution in [0.1, 0.15) is 45.4 Å². The van der Waals surface area contributed by atoms with E-state index in [1.807, 2.05) is 6.92 Å². The maximum Gasteiger partial charge on any atom is 0.217 e. The number of hydrogen-bond acceptors (Lipinski definition) is 4. The zero-order valence-corrected chi connectivity index (χ0v) is 13.3. The Morgan fingerprint density at radius 1 is 1.15 bits per heavy atom. The highest BCUT2D eigenvalue weighted by molar-refractivity contribution is 7.89. The Bertz CT molecular complexity index is 393. The molecule has 0 spiro atoms. The van der Waals surface area contributed by atoms with Crippen LogP contribution < -0.4 is 5.73 Å². The smallest absolute Gasteiger partial charge is 0.217 e. The Morgan fingerprint density at radius 3 is 2.40 bits per heavy atom. The minimum Gasteiger partial charge on any atom is -0.381 e. The molecule has 0 amide bonds. The Balaban J connectivity index is 2.16. The van der Waals surface area contributed by atoms with E-state index < -0.39 is 10.0 Å². The van der Waals surface area contributed by atoms with E-state index >= 15 is 0 Å². The zero-order valence-electron chi connectivity index (χ0n) is 12.5. The SMILES string of the molecule is CCN(C1CCCCC1CN)S(=O)(=O)C1CCOCC1. The van der Waals surface area contributed by atoms with E-state index in [9.17, 15) is 8.42 Å². The van der Waals surface area contributed by atoms with Gasteiger partial charge in [-0.25, -0.2) is 8.42 Å². The number of nitrogens with zero attached hydrogens (tertiary/aromatic N) is 1. The molecule has 1 aliphatic heterocycles. The fourth-order valence-corrected chi connectivity index (χ4v) is 5.80. The maximum atomic E-state index is 12.9. The fourth-order valence-electron chi connectivity index (χ4n) is 3.61. The Hall–Kier alpha value is -0.170. The average Bonchev–Trinajstić information content (AvgIpc) is 2.49. The summed E-state index contributed by atoms with van der Waals surface area (Å²) in [5.74, 6) is 0.318. The van der Waals surface area contributed by atoms with Gasteiger partial charge in [0.2, 0.25) is 10.0 Å². The lowest BCUT2D eigenvalue weighted by molar-refractivity contribution is 0.0956. The fraction of sp³-hybridized carbons (Fsp3) is 1.00. The van der Waals surface area contributed by atoms with Crippen molar-refractivity contribution in [3.63, 3.8) is 0 Å². The largest absolute Gasteiger partial charge is 0.381 e. The van der Waals surface area contributed by atoms with E-state index in [4.69, 9.17) is 10.5 Å². The molecule has 2 aliphatic rings. The summed E-state index contributed by atoms with van der Waals surface area (Å²) in [6.07, 6.45) is 5.55. The molecule has 0 aromatic heterocycles. The third-order valence-electron chi connectivity index (χ3n) is 4.77. The van der Waals surface area contributed by atoms with Gasteiger partial charge in [0.05, 0.1) is 5.25 Å². The van der Waals surface area contributed by atoms with Crippen molar-refractivity contribution in [3.8, 4) is 0 Å². The molecule has 2 N–H and O–H groups in total. The van der Waals surface area contributed by atoms with Crippen molar-refractivity contribution in [1.82, 2.24) is 4.31 Å². The van der Waals surface area contributed by atoms with Crippen LogP contribution in [-0.4, -0.2) is 50.3 Å². The molecule has 0 bridgehead atoms. The molecule has 2 unspecified atom stereocenters. The molecule has 0 aromatic carbocycles. The second kappa shape index (κ2) is 7.20. The van der Waals surface area contributed by atoms with Crippen molar-refractivity contribution in [2.75, 3.05) is 26.3 Å². The number of ether oxygens (including phenoxy) is 1. The van der Waals surface area contributed by atoms with Gasteiger partial charge in [-0.15, -0.1) is 0 Å². The van der Waals surface area contributed by atoms with E-state index in [2.05, 4.69) is 0 Å². The maximum absolute atomic E-state index is 12.9. The molecule has 1 saturated carbocycles. The second-order valence-corrected chi connectivity index (χ2v) is 8.07. The van der Waals surface area contributed by atoms with Crippen LogP contribution in [0.3, 0.4) is 0 Å². The average molecular weight is 304 g/mol. The van der Waals surface area contributed by atoms with Crippen LogP contribution in [0, 0.1) is 5.92 Å². The molecular weight excluding hydrogens is 276 g/mol. The molecule has 2 atom stereocenters. The summed E-state index contributed by atoms with van der Waals surface area (Å²) in [6, 6.07) is 0.103. The number of rotatable bonds is 5. The number of nitrogens with two attached hydrogens (primary N) is 1. The van der Waals surface area contributed by atoms with Gasteiger partial charge < -0.3 is 10.5 Å². The Labute approximate surface area is 122 Å². The van der Waals surface area contributed by atoms with Crippen molar-refractivity contribution < 1.29 is 13.2 Å². The van der Waals surface area contributed by atoms with E-state index in [-0.39, 0.29) is 11.3 Å². The summed E-state index contributed by atoms with van der Waals surface area (Å²) in [7, 11) is -3.22.